The predicted molar refractivity (Wildman–Crippen MR) is 77.4 cm³/mol. The maximum atomic E-state index is 5.94. The smallest absolute Gasteiger partial charge is 0.128 e. The molecular formula is C13H23N3S. The van der Waals surface area contributed by atoms with E-state index in [1.54, 1.807) is 0 Å². The Bertz CT molecular complexity index is 353. The summed E-state index contributed by atoms with van der Waals surface area (Å²) >= 11 is 1.96. The molecule has 17 heavy (non-hydrogen) atoms. The Balaban J connectivity index is 2.68. The molecule has 96 valence electrons. The first kappa shape index (κ1) is 14.3. The topological polar surface area (TPSA) is 50.9 Å². The van der Waals surface area contributed by atoms with E-state index in [-0.39, 0.29) is 6.04 Å². The third kappa shape index (κ3) is 4.56. The van der Waals surface area contributed by atoms with Crippen LogP contribution in [0, 0.1) is 12.8 Å². The summed E-state index contributed by atoms with van der Waals surface area (Å²) in [5, 5.41) is 3.32. The lowest BCUT2D eigenvalue weighted by atomic mass is 10.1. The summed E-state index contributed by atoms with van der Waals surface area (Å²) in [7, 11) is 1.97. The van der Waals surface area contributed by atoms with Crippen molar-refractivity contribution in [2.75, 3.05) is 24.3 Å². The van der Waals surface area contributed by atoms with Gasteiger partial charge in [0.15, 0.2) is 0 Å². The van der Waals surface area contributed by atoms with Gasteiger partial charge >= 0.3 is 0 Å². The van der Waals surface area contributed by atoms with Crippen LogP contribution in [0.1, 0.15) is 31.0 Å². The monoisotopic (exact) mass is 253 g/mol. The molecule has 0 bridgehead atoms. The first-order valence-electron chi connectivity index (χ1n) is 6.01. The van der Waals surface area contributed by atoms with Gasteiger partial charge < -0.3 is 11.1 Å². The fraction of sp³-hybridized carbons (Fsp3) is 0.615. The molecule has 1 atom stereocenters. The van der Waals surface area contributed by atoms with Gasteiger partial charge in [-0.2, -0.15) is 11.8 Å². The van der Waals surface area contributed by atoms with Gasteiger partial charge in [0.1, 0.15) is 5.82 Å². The minimum Gasteiger partial charge on any atom is -0.383 e. The quantitative estimate of drug-likeness (QED) is 0.818. The third-order valence-electron chi connectivity index (χ3n) is 2.55. The van der Waals surface area contributed by atoms with Crippen LogP contribution in [0.4, 0.5) is 5.82 Å². The standard InChI is InChI=1S/C13H23N3S/c1-9(2)7-17-8-12(15-4)11-5-10(3)6-16-13(11)14/h5-6,9,12,15H,7-8H2,1-4H3,(H2,14,16). The Kier molecular flexibility index (Phi) is 5.78. The molecule has 0 radical (unpaired) electrons. The van der Waals surface area contributed by atoms with Gasteiger partial charge in [-0.3, -0.25) is 0 Å². The lowest BCUT2D eigenvalue weighted by molar-refractivity contribution is 0.658. The van der Waals surface area contributed by atoms with Gasteiger partial charge in [0.2, 0.25) is 0 Å². The average molecular weight is 253 g/mol. The molecule has 0 amide bonds. The molecule has 1 unspecified atom stereocenters. The fourth-order valence-electron chi connectivity index (χ4n) is 1.63. The number of aromatic nitrogens is 1. The largest absolute Gasteiger partial charge is 0.383 e. The zero-order valence-corrected chi connectivity index (χ0v) is 12.0. The van der Waals surface area contributed by atoms with E-state index in [0.717, 1.165) is 22.8 Å². The van der Waals surface area contributed by atoms with Crippen molar-refractivity contribution in [3.8, 4) is 0 Å². The number of nitrogen functional groups attached to an aromatic ring is 1. The van der Waals surface area contributed by atoms with Crippen molar-refractivity contribution < 1.29 is 0 Å². The number of hydrogen-bond donors (Lipinski definition) is 2. The number of nitrogens with zero attached hydrogens (tertiary/aromatic N) is 1. The molecule has 0 fully saturated rings. The highest BCUT2D eigenvalue weighted by atomic mass is 32.2. The minimum atomic E-state index is 0.283. The molecule has 0 saturated heterocycles. The maximum absolute atomic E-state index is 5.94. The van der Waals surface area contributed by atoms with Crippen LogP contribution in [0.25, 0.3) is 0 Å². The number of thioether (sulfide) groups is 1. The Labute approximate surface area is 109 Å². The molecule has 3 nitrogen and oxygen atoms in total. The van der Waals surface area contributed by atoms with Crippen LogP contribution in [0.2, 0.25) is 0 Å². The number of aryl methyl sites for hydroxylation is 1. The highest BCUT2D eigenvalue weighted by Gasteiger charge is 2.13. The zero-order chi connectivity index (χ0) is 12.8. The van der Waals surface area contributed by atoms with Crippen LogP contribution >= 0.6 is 11.8 Å². The predicted octanol–water partition coefficient (Wildman–Crippen LogP) is 2.62. The van der Waals surface area contributed by atoms with E-state index in [0.29, 0.717) is 5.82 Å². The molecule has 1 rings (SSSR count). The molecule has 4 heteroatoms. The molecule has 0 aliphatic rings. The summed E-state index contributed by atoms with van der Waals surface area (Å²) in [5.41, 5.74) is 8.21. The van der Waals surface area contributed by atoms with E-state index in [9.17, 15) is 0 Å². The van der Waals surface area contributed by atoms with Crippen LogP contribution < -0.4 is 11.1 Å². The molecular weight excluding hydrogens is 230 g/mol. The van der Waals surface area contributed by atoms with Gasteiger partial charge in [0.25, 0.3) is 0 Å². The van der Waals surface area contributed by atoms with Gasteiger partial charge in [-0.1, -0.05) is 13.8 Å². The van der Waals surface area contributed by atoms with E-state index in [4.69, 9.17) is 5.73 Å². The second-order valence-electron chi connectivity index (χ2n) is 4.76. The first-order chi connectivity index (χ1) is 8.04. The van der Waals surface area contributed by atoms with Crippen LogP contribution in [0.15, 0.2) is 12.3 Å². The van der Waals surface area contributed by atoms with Crippen molar-refractivity contribution in [1.82, 2.24) is 10.3 Å². The zero-order valence-electron chi connectivity index (χ0n) is 11.2. The normalized spacial score (nSPS) is 13.0. The lowest BCUT2D eigenvalue weighted by Gasteiger charge is -2.18. The summed E-state index contributed by atoms with van der Waals surface area (Å²) in [5.74, 6) is 3.58. The summed E-state index contributed by atoms with van der Waals surface area (Å²) in [6, 6.07) is 2.41. The third-order valence-corrected chi connectivity index (χ3v) is 4.02. The van der Waals surface area contributed by atoms with Crippen molar-refractivity contribution in [1.29, 1.82) is 0 Å². The molecule has 1 aromatic heterocycles. The van der Waals surface area contributed by atoms with Crippen LogP contribution in [0.5, 0.6) is 0 Å². The molecule has 3 N–H and O–H groups in total. The number of hydrogen-bond acceptors (Lipinski definition) is 4. The van der Waals surface area contributed by atoms with Crippen molar-refractivity contribution in [3.05, 3.63) is 23.4 Å². The van der Waals surface area contributed by atoms with E-state index in [1.807, 2.05) is 31.9 Å². The molecule has 1 aromatic rings. The molecule has 0 saturated carbocycles. The van der Waals surface area contributed by atoms with Gasteiger partial charge in [-0.25, -0.2) is 4.98 Å². The van der Waals surface area contributed by atoms with Crippen molar-refractivity contribution in [2.45, 2.75) is 26.8 Å². The highest BCUT2D eigenvalue weighted by molar-refractivity contribution is 7.99. The molecule has 0 aliphatic heterocycles. The number of nitrogens with one attached hydrogen (secondary N) is 1. The number of anilines is 1. The maximum Gasteiger partial charge on any atom is 0.128 e. The van der Waals surface area contributed by atoms with Gasteiger partial charge in [0.05, 0.1) is 0 Å². The van der Waals surface area contributed by atoms with Crippen LogP contribution in [-0.4, -0.2) is 23.5 Å². The van der Waals surface area contributed by atoms with Crippen molar-refractivity contribution >= 4 is 17.6 Å². The van der Waals surface area contributed by atoms with Crippen molar-refractivity contribution in [2.24, 2.45) is 5.92 Å². The van der Waals surface area contributed by atoms with Gasteiger partial charge in [-0.15, -0.1) is 0 Å². The molecule has 0 aliphatic carbocycles. The van der Waals surface area contributed by atoms with Gasteiger partial charge in [-0.05, 0) is 37.3 Å². The summed E-state index contributed by atoms with van der Waals surface area (Å²) < 4.78 is 0. The summed E-state index contributed by atoms with van der Waals surface area (Å²) in [6.07, 6.45) is 1.81. The Hall–Kier alpha value is -0.740. The average Bonchev–Trinajstić information content (AvgIpc) is 2.28. The fourth-order valence-corrected chi connectivity index (χ4v) is 2.82. The molecule has 1 heterocycles. The summed E-state index contributed by atoms with van der Waals surface area (Å²) in [6.45, 7) is 6.53. The minimum absolute atomic E-state index is 0.283. The summed E-state index contributed by atoms with van der Waals surface area (Å²) in [4.78, 5) is 4.22. The lowest BCUT2D eigenvalue weighted by Crippen LogP contribution is -2.21. The van der Waals surface area contributed by atoms with Gasteiger partial charge in [0, 0.05) is 23.6 Å². The van der Waals surface area contributed by atoms with E-state index >= 15 is 0 Å². The molecule has 0 aromatic carbocycles. The number of nitrogens with two attached hydrogens (primary N) is 1. The van der Waals surface area contributed by atoms with E-state index < -0.39 is 0 Å². The van der Waals surface area contributed by atoms with E-state index in [2.05, 4.69) is 30.2 Å². The first-order valence-corrected chi connectivity index (χ1v) is 7.17. The van der Waals surface area contributed by atoms with Crippen LogP contribution in [-0.2, 0) is 0 Å². The Morgan fingerprint density at radius 3 is 2.71 bits per heavy atom. The Morgan fingerprint density at radius 1 is 1.41 bits per heavy atom. The van der Waals surface area contributed by atoms with Crippen molar-refractivity contribution in [3.63, 3.8) is 0 Å². The second kappa shape index (κ2) is 6.87. The van der Waals surface area contributed by atoms with E-state index in [1.165, 1.54) is 5.75 Å². The highest BCUT2D eigenvalue weighted by Crippen LogP contribution is 2.23. The van der Waals surface area contributed by atoms with Crippen LogP contribution in [0.3, 0.4) is 0 Å². The number of pyridine rings is 1. The molecule has 0 spiro atoms. The Morgan fingerprint density at radius 2 is 2.12 bits per heavy atom. The second-order valence-corrected chi connectivity index (χ2v) is 5.83. The number of rotatable bonds is 6. The SMILES string of the molecule is CNC(CSCC(C)C)c1cc(C)cnc1N.